The molecule has 0 atom stereocenters. The number of H-pyrrole nitrogens is 1. The lowest BCUT2D eigenvalue weighted by atomic mass is 10.2. The van der Waals surface area contributed by atoms with Crippen molar-refractivity contribution in [2.75, 3.05) is 11.1 Å². The van der Waals surface area contributed by atoms with E-state index in [2.05, 4.69) is 15.5 Å². The zero-order valence-electron chi connectivity index (χ0n) is 10.4. The van der Waals surface area contributed by atoms with Crippen LogP contribution in [-0.2, 0) is 10.5 Å². The van der Waals surface area contributed by atoms with Crippen LogP contribution in [0.25, 0.3) is 0 Å². The number of anilines is 1. The highest BCUT2D eigenvalue weighted by Gasteiger charge is 2.05. The summed E-state index contributed by atoms with van der Waals surface area (Å²) < 4.78 is 0. The summed E-state index contributed by atoms with van der Waals surface area (Å²) in [4.78, 5) is 11.7. The first-order valence-corrected chi connectivity index (χ1v) is 7.31. The molecule has 0 aliphatic carbocycles. The zero-order chi connectivity index (χ0) is 13.7. The zero-order valence-corrected chi connectivity index (χ0v) is 12.0. The van der Waals surface area contributed by atoms with Gasteiger partial charge in [0, 0.05) is 22.5 Å². The first-order chi connectivity index (χ1) is 9.13. The molecule has 0 radical (unpaired) electrons. The second kappa shape index (κ2) is 6.63. The van der Waals surface area contributed by atoms with Crippen molar-refractivity contribution in [1.82, 2.24) is 10.2 Å². The van der Waals surface area contributed by atoms with Crippen LogP contribution in [0.5, 0.6) is 0 Å². The first kappa shape index (κ1) is 14.0. The Balaban J connectivity index is 1.75. The Kier molecular flexibility index (Phi) is 4.87. The summed E-state index contributed by atoms with van der Waals surface area (Å²) in [7, 11) is 0. The second-order valence-electron chi connectivity index (χ2n) is 4.11. The minimum atomic E-state index is -0.0569. The maximum absolute atomic E-state index is 11.7. The molecular formula is C13H14ClN3OS. The van der Waals surface area contributed by atoms with Gasteiger partial charge in [0.2, 0.25) is 5.91 Å². The van der Waals surface area contributed by atoms with Crippen molar-refractivity contribution in [3.63, 3.8) is 0 Å². The van der Waals surface area contributed by atoms with Gasteiger partial charge in [-0.3, -0.25) is 9.89 Å². The molecule has 0 aliphatic rings. The number of halogens is 1. The largest absolute Gasteiger partial charge is 0.308 e. The number of thioether (sulfide) groups is 1. The highest BCUT2D eigenvalue weighted by molar-refractivity contribution is 7.99. The maximum Gasteiger partial charge on any atom is 0.235 e. The third-order valence-electron chi connectivity index (χ3n) is 2.36. The summed E-state index contributed by atoms with van der Waals surface area (Å²) in [5.74, 6) is 1.65. The summed E-state index contributed by atoms with van der Waals surface area (Å²) in [6.45, 7) is 1.89. The van der Waals surface area contributed by atoms with E-state index in [1.807, 2.05) is 31.2 Å². The number of nitrogens with zero attached hydrogens (tertiary/aromatic N) is 1. The molecule has 1 aromatic carbocycles. The van der Waals surface area contributed by atoms with Gasteiger partial charge in [0.05, 0.1) is 5.75 Å². The van der Waals surface area contributed by atoms with Crippen molar-refractivity contribution in [1.29, 1.82) is 0 Å². The fourth-order valence-electron chi connectivity index (χ4n) is 1.55. The first-order valence-electron chi connectivity index (χ1n) is 5.77. The van der Waals surface area contributed by atoms with Crippen LogP contribution in [0.3, 0.4) is 0 Å². The lowest BCUT2D eigenvalue weighted by Gasteiger charge is -2.03. The fourth-order valence-corrected chi connectivity index (χ4v) is 2.54. The van der Waals surface area contributed by atoms with E-state index in [0.717, 1.165) is 22.0 Å². The van der Waals surface area contributed by atoms with Crippen LogP contribution in [0.1, 0.15) is 11.3 Å². The molecule has 0 fully saturated rings. The van der Waals surface area contributed by atoms with E-state index in [4.69, 9.17) is 11.6 Å². The van der Waals surface area contributed by atoms with Crippen molar-refractivity contribution >= 4 is 35.1 Å². The minimum absolute atomic E-state index is 0.0569. The summed E-state index contributed by atoms with van der Waals surface area (Å²) in [6, 6.07) is 9.43. The third-order valence-corrected chi connectivity index (χ3v) is 3.60. The Morgan fingerprint density at radius 2 is 2.32 bits per heavy atom. The van der Waals surface area contributed by atoms with Gasteiger partial charge in [-0.1, -0.05) is 23.7 Å². The molecular weight excluding hydrogens is 282 g/mol. The molecule has 2 rings (SSSR count). The average Bonchev–Trinajstić information content (AvgIpc) is 2.75. The number of nitrogens with one attached hydrogen (secondary N) is 2. The van der Waals surface area contributed by atoms with Crippen LogP contribution in [0, 0.1) is 6.92 Å². The molecule has 4 nitrogen and oxygen atoms in total. The summed E-state index contributed by atoms with van der Waals surface area (Å²) in [5, 5.41) is 10.2. The number of aryl methyl sites for hydroxylation is 1. The van der Waals surface area contributed by atoms with Crippen LogP contribution in [0.2, 0.25) is 5.02 Å². The number of carbonyl (C=O) groups excluding carboxylic acids is 1. The van der Waals surface area contributed by atoms with E-state index in [1.54, 1.807) is 17.8 Å². The van der Waals surface area contributed by atoms with Gasteiger partial charge in [-0.2, -0.15) is 5.10 Å². The number of carbonyl (C=O) groups is 1. The number of rotatable bonds is 5. The quantitative estimate of drug-likeness (QED) is 0.890. The molecule has 2 N–H and O–H groups in total. The number of aromatic nitrogens is 2. The van der Waals surface area contributed by atoms with Gasteiger partial charge in [-0.15, -0.1) is 11.8 Å². The number of hydrogen-bond acceptors (Lipinski definition) is 3. The molecule has 0 unspecified atom stereocenters. The van der Waals surface area contributed by atoms with E-state index in [9.17, 15) is 4.79 Å². The van der Waals surface area contributed by atoms with Crippen molar-refractivity contribution < 1.29 is 4.79 Å². The maximum atomic E-state index is 11.7. The summed E-state index contributed by atoms with van der Waals surface area (Å²) >= 11 is 7.44. The van der Waals surface area contributed by atoms with Crippen molar-refractivity contribution in [3.8, 4) is 0 Å². The highest BCUT2D eigenvalue weighted by atomic mass is 35.5. The number of benzene rings is 1. The van der Waals surface area contributed by atoms with Crippen LogP contribution in [0.15, 0.2) is 30.3 Å². The van der Waals surface area contributed by atoms with E-state index in [1.165, 1.54) is 0 Å². The molecule has 19 heavy (non-hydrogen) atoms. The number of hydrogen-bond donors (Lipinski definition) is 2. The van der Waals surface area contributed by atoms with Crippen LogP contribution >= 0.6 is 23.4 Å². The van der Waals surface area contributed by atoms with Gasteiger partial charge in [0.1, 0.15) is 0 Å². The van der Waals surface area contributed by atoms with Gasteiger partial charge >= 0.3 is 0 Å². The average molecular weight is 296 g/mol. The molecule has 2 aromatic rings. The normalized spacial score (nSPS) is 10.4. The van der Waals surface area contributed by atoms with Crippen molar-refractivity contribution in [2.24, 2.45) is 0 Å². The van der Waals surface area contributed by atoms with Gasteiger partial charge in [-0.05, 0) is 24.6 Å². The molecule has 0 spiro atoms. The van der Waals surface area contributed by atoms with Crippen molar-refractivity contribution in [3.05, 3.63) is 46.6 Å². The van der Waals surface area contributed by atoms with E-state index >= 15 is 0 Å². The number of amides is 1. The lowest BCUT2D eigenvalue weighted by Crippen LogP contribution is -2.14. The fraction of sp³-hybridized carbons (Fsp3) is 0.231. The molecule has 0 saturated carbocycles. The summed E-state index contributed by atoms with van der Waals surface area (Å²) in [6.07, 6.45) is 0. The smallest absolute Gasteiger partial charge is 0.235 e. The Morgan fingerprint density at radius 3 is 3.00 bits per heavy atom. The molecule has 6 heteroatoms. The molecule has 0 saturated heterocycles. The predicted molar refractivity (Wildman–Crippen MR) is 79.6 cm³/mol. The Labute approximate surface area is 120 Å². The van der Waals surface area contributed by atoms with Gasteiger partial charge in [0.25, 0.3) is 0 Å². The Morgan fingerprint density at radius 1 is 1.47 bits per heavy atom. The van der Waals surface area contributed by atoms with E-state index < -0.39 is 0 Å². The minimum Gasteiger partial charge on any atom is -0.308 e. The van der Waals surface area contributed by atoms with Gasteiger partial charge < -0.3 is 5.32 Å². The molecule has 1 aromatic heterocycles. The van der Waals surface area contributed by atoms with Crippen LogP contribution < -0.4 is 5.32 Å². The summed E-state index contributed by atoms with van der Waals surface area (Å²) in [5.41, 5.74) is 2.03. The highest BCUT2D eigenvalue weighted by Crippen LogP contribution is 2.16. The Hall–Kier alpha value is -1.46. The lowest BCUT2D eigenvalue weighted by molar-refractivity contribution is -0.113. The molecule has 0 bridgehead atoms. The van der Waals surface area contributed by atoms with Crippen LogP contribution in [-0.4, -0.2) is 21.9 Å². The standard InChI is InChI=1S/C13H14ClN3OS/c1-9-5-12(17-16-9)15-13(18)8-19-7-10-3-2-4-11(14)6-10/h2-6H,7-8H2,1H3,(H2,15,16,17,18). The molecule has 1 heterocycles. The second-order valence-corrected chi connectivity index (χ2v) is 5.53. The SMILES string of the molecule is Cc1cc(NC(=O)CSCc2cccc(Cl)c2)n[nH]1. The third kappa shape index (κ3) is 4.61. The van der Waals surface area contributed by atoms with E-state index in [-0.39, 0.29) is 5.91 Å². The Bertz CT molecular complexity index is 571. The van der Waals surface area contributed by atoms with Gasteiger partial charge in [0.15, 0.2) is 5.82 Å². The molecule has 1 amide bonds. The predicted octanol–water partition coefficient (Wildman–Crippen LogP) is 3.24. The van der Waals surface area contributed by atoms with Crippen LogP contribution in [0.4, 0.5) is 5.82 Å². The number of aromatic amines is 1. The van der Waals surface area contributed by atoms with Crippen molar-refractivity contribution in [2.45, 2.75) is 12.7 Å². The van der Waals surface area contributed by atoms with E-state index in [0.29, 0.717) is 11.6 Å². The monoisotopic (exact) mass is 295 g/mol. The van der Waals surface area contributed by atoms with Gasteiger partial charge in [-0.25, -0.2) is 0 Å². The molecule has 100 valence electrons. The topological polar surface area (TPSA) is 57.8 Å². The molecule has 0 aliphatic heterocycles.